The fourth-order valence-corrected chi connectivity index (χ4v) is 3.01. The molecule has 1 heterocycles. The van der Waals surface area contributed by atoms with E-state index in [0.717, 1.165) is 12.8 Å². The lowest BCUT2D eigenvalue weighted by atomic mass is 10.1. The van der Waals surface area contributed by atoms with Gasteiger partial charge in [0.05, 0.1) is 6.61 Å². The molecule has 0 atom stereocenters. The van der Waals surface area contributed by atoms with Gasteiger partial charge in [0.2, 0.25) is 5.79 Å². The summed E-state index contributed by atoms with van der Waals surface area (Å²) in [4.78, 5) is 12.1. The monoisotopic (exact) mass is 340 g/mol. The molecule has 1 saturated carbocycles. The maximum atomic E-state index is 5.85. The van der Waals surface area contributed by atoms with E-state index in [-0.39, 0.29) is 5.60 Å². The number of ether oxygens (including phenoxy) is 1. The summed E-state index contributed by atoms with van der Waals surface area (Å²) in [6, 6.07) is 0. The van der Waals surface area contributed by atoms with Gasteiger partial charge in [0.15, 0.2) is 0 Å². The van der Waals surface area contributed by atoms with Crippen LogP contribution < -0.4 is 0 Å². The van der Waals surface area contributed by atoms with E-state index < -0.39 is 5.79 Å². The van der Waals surface area contributed by atoms with E-state index in [9.17, 15) is 0 Å². The molecule has 1 aliphatic carbocycles. The average Bonchev–Trinajstić information content (AvgIpc) is 2.77. The molecule has 0 aromatic carbocycles. The van der Waals surface area contributed by atoms with E-state index in [4.69, 9.17) is 14.5 Å². The Hall–Kier alpha value is -0.550. The molecule has 23 heavy (non-hydrogen) atoms. The summed E-state index contributed by atoms with van der Waals surface area (Å²) in [6.45, 7) is 10.2. The Kier molecular flexibility index (Phi) is 9.22. The molecule has 0 aromatic rings. The van der Waals surface area contributed by atoms with Gasteiger partial charge in [-0.3, -0.25) is 0 Å². The highest BCUT2D eigenvalue weighted by Crippen LogP contribution is 2.36. The second-order valence-electron chi connectivity index (χ2n) is 6.55. The summed E-state index contributed by atoms with van der Waals surface area (Å²) in [5.41, 5.74) is -0.294. The van der Waals surface area contributed by atoms with Crippen LogP contribution in [0.25, 0.3) is 0 Å². The van der Waals surface area contributed by atoms with Crippen LogP contribution in [0.5, 0.6) is 0 Å². The quantitative estimate of drug-likeness (QED) is 0.480. The first-order chi connectivity index (χ1) is 11.0. The molecule has 2 fully saturated rings. The van der Waals surface area contributed by atoms with E-state index in [1.165, 1.54) is 30.6 Å². The minimum absolute atomic E-state index is 0.294. The molecular weight excluding hydrogens is 308 g/mol. The molecule has 2 rings (SSSR count). The molecule has 0 amide bonds. The van der Waals surface area contributed by atoms with Gasteiger partial charge in [-0.25, -0.2) is 9.78 Å². The Morgan fingerprint density at radius 3 is 2.17 bits per heavy atom. The van der Waals surface area contributed by atoms with Gasteiger partial charge in [-0.05, 0) is 45.9 Å². The molecule has 1 saturated heterocycles. The molecular formula is C19H32O3S. The Morgan fingerprint density at radius 2 is 1.74 bits per heavy atom. The zero-order valence-electron chi connectivity index (χ0n) is 15.1. The molecule has 132 valence electrons. The fourth-order valence-electron chi connectivity index (χ4n) is 2.51. The molecule has 0 bridgehead atoms. The minimum atomic E-state index is -0.425. The maximum absolute atomic E-state index is 5.85. The molecule has 1 aliphatic heterocycles. The highest BCUT2D eigenvalue weighted by Gasteiger charge is 2.42. The summed E-state index contributed by atoms with van der Waals surface area (Å²) in [5.74, 6) is -0.425. The van der Waals surface area contributed by atoms with Crippen molar-refractivity contribution in [3.63, 3.8) is 0 Å². The lowest BCUT2D eigenvalue weighted by Gasteiger charge is -2.41. The molecule has 1 spiro atoms. The van der Waals surface area contributed by atoms with Gasteiger partial charge >= 0.3 is 0 Å². The lowest BCUT2D eigenvalue weighted by Crippen LogP contribution is -2.49. The Labute approximate surface area is 146 Å². The fraction of sp³-hybridized carbons (Fsp3) is 0.684. The van der Waals surface area contributed by atoms with Crippen molar-refractivity contribution in [1.29, 1.82) is 0 Å². The Bertz CT molecular complexity index is 393. The van der Waals surface area contributed by atoms with Crippen LogP contribution in [-0.2, 0) is 14.5 Å². The number of allylic oxidation sites excluding steroid dienone is 4. The van der Waals surface area contributed by atoms with Crippen LogP contribution >= 0.6 is 11.8 Å². The van der Waals surface area contributed by atoms with Crippen molar-refractivity contribution in [3.8, 4) is 0 Å². The van der Waals surface area contributed by atoms with Crippen LogP contribution in [0.3, 0.4) is 0 Å². The second kappa shape index (κ2) is 10.3. The van der Waals surface area contributed by atoms with Gasteiger partial charge in [0.25, 0.3) is 0 Å². The zero-order chi connectivity index (χ0) is 17.2. The first kappa shape index (κ1) is 20.5. The van der Waals surface area contributed by atoms with Crippen LogP contribution in [0.2, 0.25) is 0 Å². The standard InChI is InChI=1S/C11H20O3.C8H12S/c1-10(2)9-12-11(14-13-10)7-5-3-4-6-8-11;1-4-6-8(9-3)7-5-2/h3-9H2,1-2H3;4-7H,1H2,2-3H3/b;7-5-,8-6+. The Morgan fingerprint density at radius 1 is 1.09 bits per heavy atom. The number of hydrogen-bond acceptors (Lipinski definition) is 4. The summed E-state index contributed by atoms with van der Waals surface area (Å²) >= 11 is 1.72. The third kappa shape index (κ3) is 7.71. The van der Waals surface area contributed by atoms with Crippen molar-refractivity contribution >= 4 is 11.8 Å². The number of hydrogen-bond donors (Lipinski definition) is 0. The largest absolute Gasteiger partial charge is 0.344 e. The summed E-state index contributed by atoms with van der Waals surface area (Å²) in [5, 5.41) is 0. The van der Waals surface area contributed by atoms with Gasteiger partial charge < -0.3 is 4.74 Å². The van der Waals surface area contributed by atoms with Crippen molar-refractivity contribution in [2.45, 2.75) is 70.7 Å². The van der Waals surface area contributed by atoms with E-state index in [1.807, 2.05) is 32.9 Å². The molecule has 0 unspecified atom stereocenters. The van der Waals surface area contributed by atoms with Crippen molar-refractivity contribution in [2.75, 3.05) is 12.9 Å². The SMILES string of the molecule is C=C/C=C(\C=C/C)SC.CC1(C)COC2(CCCCCC2)OO1. The third-order valence-electron chi connectivity index (χ3n) is 3.82. The van der Waals surface area contributed by atoms with Crippen molar-refractivity contribution < 1.29 is 14.5 Å². The highest BCUT2D eigenvalue weighted by molar-refractivity contribution is 8.02. The molecule has 2 aliphatic rings. The number of rotatable bonds is 3. The van der Waals surface area contributed by atoms with Crippen LogP contribution in [-0.4, -0.2) is 24.3 Å². The van der Waals surface area contributed by atoms with Gasteiger partial charge in [0.1, 0.15) is 5.60 Å². The van der Waals surface area contributed by atoms with E-state index in [2.05, 4.69) is 18.9 Å². The second-order valence-corrected chi connectivity index (χ2v) is 7.43. The molecule has 0 N–H and O–H groups in total. The lowest BCUT2D eigenvalue weighted by molar-refractivity contribution is -0.508. The zero-order valence-corrected chi connectivity index (χ0v) is 15.9. The van der Waals surface area contributed by atoms with Gasteiger partial charge in [-0.1, -0.05) is 37.6 Å². The minimum Gasteiger partial charge on any atom is -0.344 e. The summed E-state index contributed by atoms with van der Waals surface area (Å²) in [7, 11) is 0. The van der Waals surface area contributed by atoms with Gasteiger partial charge in [-0.15, -0.1) is 11.8 Å². The molecule has 3 nitrogen and oxygen atoms in total. The van der Waals surface area contributed by atoms with Gasteiger partial charge in [-0.2, -0.15) is 0 Å². The highest BCUT2D eigenvalue weighted by atomic mass is 32.2. The third-order valence-corrected chi connectivity index (χ3v) is 4.56. The van der Waals surface area contributed by atoms with E-state index >= 15 is 0 Å². The van der Waals surface area contributed by atoms with Crippen molar-refractivity contribution in [1.82, 2.24) is 0 Å². The van der Waals surface area contributed by atoms with Crippen LogP contribution in [0.4, 0.5) is 0 Å². The molecule has 0 aromatic heterocycles. The van der Waals surface area contributed by atoms with E-state index in [1.54, 1.807) is 17.8 Å². The smallest absolute Gasteiger partial charge is 0.201 e. The first-order valence-corrected chi connectivity index (χ1v) is 9.70. The predicted molar refractivity (Wildman–Crippen MR) is 99.2 cm³/mol. The van der Waals surface area contributed by atoms with Crippen LogP contribution in [0, 0.1) is 0 Å². The van der Waals surface area contributed by atoms with Gasteiger partial charge in [0, 0.05) is 17.7 Å². The van der Waals surface area contributed by atoms with Crippen molar-refractivity contribution in [2.24, 2.45) is 0 Å². The molecule has 4 heteroatoms. The summed E-state index contributed by atoms with van der Waals surface area (Å²) < 4.78 is 5.85. The van der Waals surface area contributed by atoms with Crippen LogP contribution in [0.1, 0.15) is 59.3 Å². The topological polar surface area (TPSA) is 27.7 Å². The van der Waals surface area contributed by atoms with Crippen LogP contribution in [0.15, 0.2) is 35.8 Å². The Balaban J connectivity index is 0.000000257. The van der Waals surface area contributed by atoms with E-state index in [0.29, 0.717) is 6.61 Å². The average molecular weight is 341 g/mol. The predicted octanol–water partition coefficient (Wildman–Crippen LogP) is 5.79. The summed E-state index contributed by atoms with van der Waals surface area (Å²) in [6.07, 6.45) is 16.8. The normalized spacial score (nSPS) is 23.9. The number of thioether (sulfide) groups is 1. The molecule has 0 radical (unpaired) electrons. The first-order valence-electron chi connectivity index (χ1n) is 8.47. The maximum Gasteiger partial charge on any atom is 0.201 e. The van der Waals surface area contributed by atoms with Crippen molar-refractivity contribution in [3.05, 3.63) is 35.8 Å².